The summed E-state index contributed by atoms with van der Waals surface area (Å²) < 4.78 is 0.894. The highest BCUT2D eigenvalue weighted by Crippen LogP contribution is 2.12. The van der Waals surface area contributed by atoms with Crippen LogP contribution >= 0.6 is 15.9 Å². The number of hydrogen-bond acceptors (Lipinski definition) is 3. The van der Waals surface area contributed by atoms with Gasteiger partial charge < -0.3 is 5.73 Å². The zero-order valence-corrected chi connectivity index (χ0v) is 11.2. The van der Waals surface area contributed by atoms with Gasteiger partial charge in [0.1, 0.15) is 0 Å². The molecule has 1 aromatic rings. The fourth-order valence-electron chi connectivity index (χ4n) is 1.40. The predicted molar refractivity (Wildman–Crippen MR) is 69.5 cm³/mol. The predicted octanol–water partition coefficient (Wildman–Crippen LogP) is 1.79. The summed E-state index contributed by atoms with van der Waals surface area (Å²) >= 11 is 3.29. The second-order valence-electron chi connectivity index (χ2n) is 3.62. The van der Waals surface area contributed by atoms with Gasteiger partial charge in [-0.25, -0.2) is 0 Å². The van der Waals surface area contributed by atoms with Crippen molar-refractivity contribution in [1.29, 1.82) is 0 Å². The molecule has 0 aliphatic carbocycles. The second-order valence-corrected chi connectivity index (χ2v) is 4.54. The summed E-state index contributed by atoms with van der Waals surface area (Å²) in [5.41, 5.74) is 5.88. The third-order valence-corrected chi connectivity index (χ3v) is 2.83. The molecule has 0 atom stereocenters. The van der Waals surface area contributed by atoms with Crippen molar-refractivity contribution in [2.45, 2.75) is 13.3 Å². The number of amides is 2. The van der Waals surface area contributed by atoms with Crippen molar-refractivity contribution in [3.8, 4) is 0 Å². The largest absolute Gasteiger partial charge is 0.330 e. The first kappa shape index (κ1) is 13.9. The summed E-state index contributed by atoms with van der Waals surface area (Å²) in [5.74, 6) is -0.537. The number of benzene rings is 1. The summed E-state index contributed by atoms with van der Waals surface area (Å²) in [7, 11) is 0. The van der Waals surface area contributed by atoms with Gasteiger partial charge in [0.2, 0.25) is 5.91 Å². The molecule has 1 aromatic carbocycles. The summed E-state index contributed by atoms with van der Waals surface area (Å²) in [6, 6.07) is 6.92. The van der Waals surface area contributed by atoms with Gasteiger partial charge in [-0.1, -0.05) is 15.9 Å². The topological polar surface area (TPSA) is 63.4 Å². The molecule has 0 aliphatic rings. The lowest BCUT2D eigenvalue weighted by molar-refractivity contribution is -0.126. The third-order valence-electron chi connectivity index (χ3n) is 2.30. The molecule has 0 fully saturated rings. The van der Waals surface area contributed by atoms with E-state index in [4.69, 9.17) is 5.73 Å². The van der Waals surface area contributed by atoms with Gasteiger partial charge in [0, 0.05) is 23.5 Å². The van der Waals surface area contributed by atoms with Gasteiger partial charge in [0.15, 0.2) is 0 Å². The van der Waals surface area contributed by atoms with Crippen LogP contribution < -0.4 is 5.73 Å². The molecule has 0 heterocycles. The van der Waals surface area contributed by atoms with E-state index in [2.05, 4.69) is 15.9 Å². The Morgan fingerprint density at radius 2 is 1.88 bits per heavy atom. The molecule has 1 rings (SSSR count). The van der Waals surface area contributed by atoms with Crippen molar-refractivity contribution in [1.82, 2.24) is 4.90 Å². The smallest absolute Gasteiger partial charge is 0.260 e. The first-order chi connectivity index (χ1) is 8.06. The minimum Gasteiger partial charge on any atom is -0.330 e. The van der Waals surface area contributed by atoms with E-state index in [0.717, 1.165) is 4.47 Å². The first-order valence-electron chi connectivity index (χ1n) is 5.34. The number of imide groups is 1. The molecule has 2 N–H and O–H groups in total. The Morgan fingerprint density at radius 3 is 2.35 bits per heavy atom. The maximum absolute atomic E-state index is 12.1. The molecule has 0 unspecified atom stereocenters. The number of nitrogens with two attached hydrogens (primary N) is 1. The average molecular weight is 299 g/mol. The summed E-state index contributed by atoms with van der Waals surface area (Å²) in [6.07, 6.45) is 0.613. The fourth-order valence-corrected chi connectivity index (χ4v) is 1.66. The Bertz CT molecular complexity index is 403. The van der Waals surface area contributed by atoms with E-state index in [9.17, 15) is 9.59 Å². The van der Waals surface area contributed by atoms with Gasteiger partial charge in [-0.2, -0.15) is 0 Å². The first-order valence-corrected chi connectivity index (χ1v) is 6.13. The molecule has 0 aromatic heterocycles. The Morgan fingerprint density at radius 1 is 1.29 bits per heavy atom. The Labute approximate surface area is 109 Å². The normalized spacial score (nSPS) is 10.1. The Kier molecular flexibility index (Phi) is 5.31. The standard InChI is InChI=1S/C12H15BrN2O2/c1-9(16)15(8-2-7-14)12(17)10-3-5-11(13)6-4-10/h3-6H,2,7-8,14H2,1H3. The van der Waals surface area contributed by atoms with Crippen LogP contribution in [0, 0.1) is 0 Å². The summed E-state index contributed by atoms with van der Waals surface area (Å²) in [6.45, 7) is 2.20. The van der Waals surface area contributed by atoms with E-state index in [0.29, 0.717) is 25.1 Å². The van der Waals surface area contributed by atoms with Crippen molar-refractivity contribution < 1.29 is 9.59 Å². The Hall–Kier alpha value is -1.20. The lowest BCUT2D eigenvalue weighted by atomic mass is 10.2. The summed E-state index contributed by atoms with van der Waals surface area (Å²) in [4.78, 5) is 24.7. The molecule has 0 radical (unpaired) electrons. The zero-order valence-electron chi connectivity index (χ0n) is 9.65. The molecule has 17 heavy (non-hydrogen) atoms. The van der Waals surface area contributed by atoms with E-state index >= 15 is 0 Å². The van der Waals surface area contributed by atoms with Gasteiger partial charge in [-0.3, -0.25) is 14.5 Å². The van der Waals surface area contributed by atoms with E-state index < -0.39 is 0 Å². The maximum Gasteiger partial charge on any atom is 0.260 e. The van der Waals surface area contributed by atoms with Crippen LogP contribution in [0.5, 0.6) is 0 Å². The zero-order chi connectivity index (χ0) is 12.8. The molecule has 0 saturated carbocycles. The lowest BCUT2D eigenvalue weighted by Gasteiger charge is -2.18. The van der Waals surface area contributed by atoms with E-state index in [1.165, 1.54) is 11.8 Å². The SMILES string of the molecule is CC(=O)N(CCCN)C(=O)c1ccc(Br)cc1. The number of halogens is 1. The Balaban J connectivity index is 2.84. The highest BCUT2D eigenvalue weighted by Gasteiger charge is 2.18. The molecule has 92 valence electrons. The van der Waals surface area contributed by atoms with Crippen molar-refractivity contribution in [2.24, 2.45) is 5.73 Å². The quantitative estimate of drug-likeness (QED) is 0.922. The summed E-state index contributed by atoms with van der Waals surface area (Å²) in [5, 5.41) is 0. The molecule has 4 nitrogen and oxygen atoms in total. The van der Waals surface area contributed by atoms with Crippen molar-refractivity contribution in [3.05, 3.63) is 34.3 Å². The van der Waals surface area contributed by atoms with Crippen molar-refractivity contribution in [2.75, 3.05) is 13.1 Å². The lowest BCUT2D eigenvalue weighted by Crippen LogP contribution is -2.36. The number of hydrogen-bond donors (Lipinski definition) is 1. The molecule has 2 amide bonds. The van der Waals surface area contributed by atoms with Gasteiger partial charge in [-0.15, -0.1) is 0 Å². The van der Waals surface area contributed by atoms with Crippen LogP contribution in [0.15, 0.2) is 28.7 Å². The minimum absolute atomic E-state index is 0.258. The minimum atomic E-state index is -0.279. The van der Waals surface area contributed by atoms with Crippen LogP contribution in [-0.2, 0) is 4.79 Å². The molecule has 0 bridgehead atoms. The second kappa shape index (κ2) is 6.51. The number of rotatable bonds is 4. The van der Waals surface area contributed by atoms with Crippen molar-refractivity contribution >= 4 is 27.7 Å². The molecule has 5 heteroatoms. The fraction of sp³-hybridized carbons (Fsp3) is 0.333. The van der Waals surface area contributed by atoms with E-state index in [-0.39, 0.29) is 11.8 Å². The van der Waals surface area contributed by atoms with Crippen LogP contribution in [0.1, 0.15) is 23.7 Å². The molecule has 0 spiro atoms. The van der Waals surface area contributed by atoms with Crippen LogP contribution in [0.4, 0.5) is 0 Å². The molecular formula is C12H15BrN2O2. The number of carbonyl (C=O) groups is 2. The number of carbonyl (C=O) groups excluding carboxylic acids is 2. The highest BCUT2D eigenvalue weighted by molar-refractivity contribution is 9.10. The molecular weight excluding hydrogens is 284 g/mol. The van der Waals surface area contributed by atoms with E-state index in [1.807, 2.05) is 0 Å². The third kappa shape index (κ3) is 3.94. The highest BCUT2D eigenvalue weighted by atomic mass is 79.9. The van der Waals surface area contributed by atoms with Crippen molar-refractivity contribution in [3.63, 3.8) is 0 Å². The average Bonchev–Trinajstić information content (AvgIpc) is 2.29. The van der Waals surface area contributed by atoms with Gasteiger partial charge in [0.05, 0.1) is 0 Å². The van der Waals surface area contributed by atoms with Crippen LogP contribution in [0.25, 0.3) is 0 Å². The van der Waals surface area contributed by atoms with Crippen LogP contribution in [-0.4, -0.2) is 29.8 Å². The van der Waals surface area contributed by atoms with Crippen LogP contribution in [0.2, 0.25) is 0 Å². The van der Waals surface area contributed by atoms with Gasteiger partial charge in [0.25, 0.3) is 5.91 Å². The van der Waals surface area contributed by atoms with E-state index in [1.54, 1.807) is 24.3 Å². The molecule has 0 saturated heterocycles. The van der Waals surface area contributed by atoms with Gasteiger partial charge >= 0.3 is 0 Å². The maximum atomic E-state index is 12.1. The van der Waals surface area contributed by atoms with Crippen LogP contribution in [0.3, 0.4) is 0 Å². The van der Waals surface area contributed by atoms with Gasteiger partial charge in [-0.05, 0) is 37.2 Å². The molecule has 0 aliphatic heterocycles. The monoisotopic (exact) mass is 298 g/mol. The number of nitrogens with zero attached hydrogens (tertiary/aromatic N) is 1.